The number of halogens is 2. The van der Waals surface area contributed by atoms with Gasteiger partial charge in [0.15, 0.2) is 6.17 Å². The van der Waals surface area contributed by atoms with Gasteiger partial charge in [-0.25, -0.2) is 8.78 Å². The molecular weight excluding hydrogens is 416 g/mol. The number of benzene rings is 3. The summed E-state index contributed by atoms with van der Waals surface area (Å²) in [6, 6.07) is 19.7. The number of rotatable bonds is 4. The molecule has 1 aliphatic rings. The lowest BCUT2D eigenvalue weighted by Crippen LogP contribution is -2.18. The maximum atomic E-state index is 16.5. The first kappa shape index (κ1) is 21.7. The van der Waals surface area contributed by atoms with Gasteiger partial charge in [0.2, 0.25) is 0 Å². The Kier molecular flexibility index (Phi) is 5.71. The predicted molar refractivity (Wildman–Crippen MR) is 129 cm³/mol. The quantitative estimate of drug-likeness (QED) is 0.352. The van der Waals surface area contributed by atoms with Gasteiger partial charge in [-0.15, -0.1) is 0 Å². The highest BCUT2D eigenvalue weighted by Gasteiger charge is 2.32. The van der Waals surface area contributed by atoms with E-state index in [-0.39, 0.29) is 11.7 Å². The van der Waals surface area contributed by atoms with Crippen molar-refractivity contribution in [2.24, 2.45) is 0 Å². The van der Waals surface area contributed by atoms with Crippen molar-refractivity contribution in [2.75, 3.05) is 0 Å². The van der Waals surface area contributed by atoms with Crippen molar-refractivity contribution < 1.29 is 13.9 Å². The average molecular weight is 444 g/mol. The lowest BCUT2D eigenvalue weighted by Gasteiger charge is -2.30. The van der Waals surface area contributed by atoms with Gasteiger partial charge >= 0.3 is 0 Å². The molecule has 2 nitrogen and oxygen atoms in total. The zero-order valence-corrected chi connectivity index (χ0v) is 18.9. The third-order valence-corrected chi connectivity index (χ3v) is 6.60. The second-order valence-electron chi connectivity index (χ2n) is 9.18. The van der Waals surface area contributed by atoms with E-state index in [4.69, 9.17) is 4.98 Å². The zero-order chi connectivity index (χ0) is 23.1. The fraction of sp³-hybridized carbons (Fsp3) is 0.276. The summed E-state index contributed by atoms with van der Waals surface area (Å²) < 4.78 is 30.3. The Morgan fingerprint density at radius 3 is 2.42 bits per heavy atom. The van der Waals surface area contributed by atoms with Crippen molar-refractivity contribution in [1.29, 1.82) is 0 Å². The molecule has 2 unspecified atom stereocenters. The Labute approximate surface area is 192 Å². The highest BCUT2D eigenvalue weighted by atomic mass is 19.1. The average Bonchev–Trinajstić information content (AvgIpc) is 2.83. The Morgan fingerprint density at radius 2 is 1.70 bits per heavy atom. The SMILES string of the molecule is CC(C)c1nc2c(c(-c3ccc(F)cc3)c1C(F)c1ccc3ccccc3c1)C(O)CCC2. The van der Waals surface area contributed by atoms with Crippen molar-refractivity contribution in [3.8, 4) is 11.1 Å². The summed E-state index contributed by atoms with van der Waals surface area (Å²) in [5.74, 6) is -0.360. The van der Waals surface area contributed by atoms with E-state index in [1.165, 1.54) is 12.1 Å². The molecule has 0 spiro atoms. The van der Waals surface area contributed by atoms with Crippen LogP contribution in [0.15, 0.2) is 66.7 Å². The molecule has 5 rings (SSSR count). The van der Waals surface area contributed by atoms with Crippen LogP contribution in [0.1, 0.15) is 73.0 Å². The van der Waals surface area contributed by atoms with Crippen molar-refractivity contribution >= 4 is 10.8 Å². The fourth-order valence-electron chi connectivity index (χ4n) is 5.00. The number of aliphatic hydroxyl groups excluding tert-OH is 1. The number of fused-ring (bicyclic) bond motifs is 2. The normalized spacial score (nSPS) is 16.7. The number of alkyl halides is 1. The van der Waals surface area contributed by atoms with Gasteiger partial charge in [-0.1, -0.05) is 62.4 Å². The molecule has 4 aromatic rings. The largest absolute Gasteiger partial charge is 0.388 e. The van der Waals surface area contributed by atoms with Crippen LogP contribution in [0.2, 0.25) is 0 Å². The summed E-state index contributed by atoms with van der Waals surface area (Å²) in [5, 5.41) is 13.0. The van der Waals surface area contributed by atoms with E-state index < -0.39 is 12.3 Å². The Hall–Kier alpha value is -3.11. The second kappa shape index (κ2) is 8.68. The van der Waals surface area contributed by atoms with E-state index in [0.29, 0.717) is 39.9 Å². The minimum Gasteiger partial charge on any atom is -0.388 e. The molecule has 2 atom stereocenters. The maximum Gasteiger partial charge on any atom is 0.153 e. The van der Waals surface area contributed by atoms with E-state index in [1.807, 2.05) is 56.3 Å². The molecule has 0 bridgehead atoms. The Bertz CT molecular complexity index is 1310. The summed E-state index contributed by atoms with van der Waals surface area (Å²) in [5.41, 5.74) is 4.61. The summed E-state index contributed by atoms with van der Waals surface area (Å²) in [4.78, 5) is 4.90. The van der Waals surface area contributed by atoms with Gasteiger partial charge in [-0.2, -0.15) is 0 Å². The van der Waals surface area contributed by atoms with Crippen molar-refractivity contribution in [3.63, 3.8) is 0 Å². The first-order valence-corrected chi connectivity index (χ1v) is 11.6. The number of hydrogen-bond donors (Lipinski definition) is 1. The van der Waals surface area contributed by atoms with Gasteiger partial charge in [-0.3, -0.25) is 4.98 Å². The fourth-order valence-corrected chi connectivity index (χ4v) is 5.00. The lowest BCUT2D eigenvalue weighted by atomic mass is 9.80. The van der Waals surface area contributed by atoms with Crippen LogP contribution in [0.4, 0.5) is 8.78 Å². The molecule has 0 amide bonds. The van der Waals surface area contributed by atoms with E-state index in [0.717, 1.165) is 29.3 Å². The zero-order valence-electron chi connectivity index (χ0n) is 18.9. The molecular formula is C29H27F2NO. The third-order valence-electron chi connectivity index (χ3n) is 6.60. The van der Waals surface area contributed by atoms with Crippen LogP contribution in [0.5, 0.6) is 0 Å². The van der Waals surface area contributed by atoms with Crippen LogP contribution < -0.4 is 0 Å². The summed E-state index contributed by atoms with van der Waals surface area (Å²) >= 11 is 0. The molecule has 1 N–H and O–H groups in total. The molecule has 0 saturated carbocycles. The molecule has 0 saturated heterocycles. The number of aliphatic hydroxyl groups is 1. The van der Waals surface area contributed by atoms with E-state index in [9.17, 15) is 9.50 Å². The number of hydrogen-bond acceptors (Lipinski definition) is 2. The smallest absolute Gasteiger partial charge is 0.153 e. The van der Waals surface area contributed by atoms with Gasteiger partial charge in [0.25, 0.3) is 0 Å². The first-order chi connectivity index (χ1) is 15.9. The number of nitrogens with zero attached hydrogens (tertiary/aromatic N) is 1. The molecule has 4 heteroatoms. The minimum absolute atomic E-state index is 0.0118. The summed E-state index contributed by atoms with van der Waals surface area (Å²) in [6.45, 7) is 4.03. The monoisotopic (exact) mass is 443 g/mol. The van der Waals surface area contributed by atoms with Crippen molar-refractivity contribution in [2.45, 2.75) is 51.3 Å². The molecule has 168 valence electrons. The van der Waals surface area contributed by atoms with Crippen LogP contribution in [-0.2, 0) is 6.42 Å². The third kappa shape index (κ3) is 3.93. The summed E-state index contributed by atoms with van der Waals surface area (Å²) in [6.07, 6.45) is 0.0399. The van der Waals surface area contributed by atoms with Crippen LogP contribution in [0.25, 0.3) is 21.9 Å². The summed E-state index contributed by atoms with van der Waals surface area (Å²) in [7, 11) is 0. The van der Waals surface area contributed by atoms with E-state index >= 15 is 4.39 Å². The minimum atomic E-state index is -1.43. The molecule has 1 heterocycles. The number of aromatic nitrogens is 1. The van der Waals surface area contributed by atoms with E-state index in [2.05, 4.69) is 0 Å². The number of pyridine rings is 1. The highest BCUT2D eigenvalue weighted by molar-refractivity contribution is 5.83. The van der Waals surface area contributed by atoms with Gasteiger partial charge in [0.05, 0.1) is 11.8 Å². The van der Waals surface area contributed by atoms with Crippen molar-refractivity contribution in [3.05, 3.63) is 101 Å². The predicted octanol–water partition coefficient (Wildman–Crippen LogP) is 7.59. The Morgan fingerprint density at radius 1 is 0.970 bits per heavy atom. The van der Waals surface area contributed by atoms with Gasteiger partial charge in [0, 0.05) is 16.8 Å². The standard InChI is InChI=1S/C29H27F2NO/c1-17(2)29-27(28(31)21-11-10-18-6-3-4-7-20(18)16-21)25(19-12-14-22(30)15-13-19)26-23(32-29)8-5-9-24(26)33/h3-4,6-7,10-17,24,28,33H,5,8-9H2,1-2H3. The van der Waals surface area contributed by atoms with Gasteiger partial charge in [-0.05, 0) is 70.8 Å². The molecule has 3 aromatic carbocycles. The first-order valence-electron chi connectivity index (χ1n) is 11.6. The van der Waals surface area contributed by atoms with Crippen LogP contribution in [-0.4, -0.2) is 10.1 Å². The van der Waals surface area contributed by atoms with Gasteiger partial charge < -0.3 is 5.11 Å². The molecule has 33 heavy (non-hydrogen) atoms. The second-order valence-corrected chi connectivity index (χ2v) is 9.18. The topological polar surface area (TPSA) is 33.1 Å². The van der Waals surface area contributed by atoms with Crippen LogP contribution in [0.3, 0.4) is 0 Å². The number of aryl methyl sites for hydroxylation is 1. The van der Waals surface area contributed by atoms with Gasteiger partial charge in [0.1, 0.15) is 5.82 Å². The highest BCUT2D eigenvalue weighted by Crippen LogP contribution is 2.46. The maximum absolute atomic E-state index is 16.5. The Balaban J connectivity index is 1.80. The molecule has 0 fully saturated rings. The van der Waals surface area contributed by atoms with Crippen LogP contribution in [0, 0.1) is 5.82 Å². The molecule has 0 radical (unpaired) electrons. The lowest BCUT2D eigenvalue weighted by molar-refractivity contribution is 0.155. The molecule has 0 aliphatic heterocycles. The molecule has 1 aliphatic carbocycles. The van der Waals surface area contributed by atoms with Crippen molar-refractivity contribution in [1.82, 2.24) is 4.98 Å². The van der Waals surface area contributed by atoms with E-state index in [1.54, 1.807) is 12.1 Å². The van der Waals surface area contributed by atoms with Crippen LogP contribution >= 0.6 is 0 Å². The molecule has 1 aromatic heterocycles.